The van der Waals surface area contributed by atoms with Crippen molar-refractivity contribution in [3.05, 3.63) is 53.6 Å². The van der Waals surface area contributed by atoms with Gasteiger partial charge in [0.1, 0.15) is 0 Å². The van der Waals surface area contributed by atoms with Crippen molar-refractivity contribution >= 4 is 11.6 Å². The summed E-state index contributed by atoms with van der Waals surface area (Å²) in [6.07, 6.45) is 0.366. The first-order chi connectivity index (χ1) is 11.7. The van der Waals surface area contributed by atoms with Gasteiger partial charge in [0.05, 0.1) is 11.6 Å². The molecule has 1 heterocycles. The maximum atomic E-state index is 11.9. The molecule has 1 amide bonds. The first-order valence-corrected chi connectivity index (χ1v) is 7.64. The molecule has 24 heavy (non-hydrogen) atoms. The van der Waals surface area contributed by atoms with Gasteiger partial charge in [-0.25, -0.2) is 0 Å². The highest BCUT2D eigenvalue weighted by Crippen LogP contribution is 2.32. The molecule has 3 rings (SSSR count). The molecule has 0 radical (unpaired) electrons. The molecule has 0 bridgehead atoms. The molecule has 0 spiro atoms. The number of benzene rings is 2. The Hall–Kier alpha value is -3.20. The summed E-state index contributed by atoms with van der Waals surface area (Å²) in [7, 11) is 0. The van der Waals surface area contributed by atoms with Gasteiger partial charge in [0, 0.05) is 25.2 Å². The summed E-state index contributed by atoms with van der Waals surface area (Å²) in [4.78, 5) is 11.9. The number of anilines is 1. The summed E-state index contributed by atoms with van der Waals surface area (Å²) >= 11 is 0. The molecule has 0 unspecified atom stereocenters. The van der Waals surface area contributed by atoms with Crippen LogP contribution < -0.4 is 20.1 Å². The highest BCUT2D eigenvalue weighted by Gasteiger charge is 2.13. The van der Waals surface area contributed by atoms with Crippen molar-refractivity contribution in [1.82, 2.24) is 5.32 Å². The zero-order chi connectivity index (χ0) is 16.8. The van der Waals surface area contributed by atoms with Crippen molar-refractivity contribution < 1.29 is 14.3 Å². The summed E-state index contributed by atoms with van der Waals surface area (Å²) in [5.74, 6) is 1.41. The predicted octanol–water partition coefficient (Wildman–Crippen LogP) is 2.41. The fourth-order valence-electron chi connectivity index (χ4n) is 2.32. The van der Waals surface area contributed by atoms with E-state index in [1.54, 1.807) is 12.1 Å². The SMILES string of the molecule is N#Cc1ccc(NCCC(=O)NCc2ccc3c(c2)OCO3)cc1. The summed E-state index contributed by atoms with van der Waals surface area (Å²) in [5, 5.41) is 14.8. The monoisotopic (exact) mass is 323 g/mol. The van der Waals surface area contributed by atoms with Crippen LogP contribution in [0.25, 0.3) is 0 Å². The van der Waals surface area contributed by atoms with Crippen molar-refractivity contribution in [2.45, 2.75) is 13.0 Å². The highest BCUT2D eigenvalue weighted by molar-refractivity contribution is 5.76. The van der Waals surface area contributed by atoms with Crippen LogP contribution in [0.2, 0.25) is 0 Å². The average Bonchev–Trinajstić information content (AvgIpc) is 3.08. The summed E-state index contributed by atoms with van der Waals surface area (Å²) < 4.78 is 10.6. The largest absolute Gasteiger partial charge is 0.454 e. The zero-order valence-electron chi connectivity index (χ0n) is 13.0. The normalized spacial score (nSPS) is 11.6. The lowest BCUT2D eigenvalue weighted by atomic mass is 10.2. The third kappa shape index (κ3) is 3.96. The third-order valence-electron chi connectivity index (χ3n) is 3.62. The number of rotatable bonds is 6. The van der Waals surface area contributed by atoms with Gasteiger partial charge in [-0.2, -0.15) is 5.26 Å². The van der Waals surface area contributed by atoms with Gasteiger partial charge in [0.15, 0.2) is 11.5 Å². The van der Waals surface area contributed by atoms with Gasteiger partial charge in [-0.15, -0.1) is 0 Å². The Morgan fingerprint density at radius 2 is 1.92 bits per heavy atom. The van der Waals surface area contributed by atoms with E-state index in [0.29, 0.717) is 30.8 Å². The van der Waals surface area contributed by atoms with Crippen LogP contribution in [-0.2, 0) is 11.3 Å². The molecule has 1 aliphatic rings. The number of carbonyl (C=O) groups excluding carboxylic acids is 1. The Balaban J connectivity index is 1.40. The Morgan fingerprint density at radius 1 is 1.12 bits per heavy atom. The number of nitriles is 1. The second-order valence-electron chi connectivity index (χ2n) is 5.33. The van der Waals surface area contributed by atoms with Gasteiger partial charge < -0.3 is 20.1 Å². The average molecular weight is 323 g/mol. The number of hydrogen-bond donors (Lipinski definition) is 2. The maximum absolute atomic E-state index is 11.9. The van der Waals surface area contributed by atoms with Crippen LogP contribution >= 0.6 is 0 Å². The van der Waals surface area contributed by atoms with E-state index < -0.39 is 0 Å². The molecule has 2 aromatic rings. The number of hydrogen-bond acceptors (Lipinski definition) is 5. The van der Waals surface area contributed by atoms with Gasteiger partial charge in [0.25, 0.3) is 0 Å². The van der Waals surface area contributed by atoms with Gasteiger partial charge in [-0.3, -0.25) is 4.79 Å². The van der Waals surface area contributed by atoms with Gasteiger partial charge in [-0.1, -0.05) is 6.07 Å². The van der Waals surface area contributed by atoms with Crippen LogP contribution in [0.15, 0.2) is 42.5 Å². The number of nitrogens with zero attached hydrogens (tertiary/aromatic N) is 1. The first kappa shape index (κ1) is 15.7. The Labute approximate surface area is 140 Å². The molecule has 6 nitrogen and oxygen atoms in total. The lowest BCUT2D eigenvalue weighted by Crippen LogP contribution is -2.24. The number of fused-ring (bicyclic) bond motifs is 1. The molecular weight excluding hydrogens is 306 g/mol. The molecule has 0 atom stereocenters. The van der Waals surface area contributed by atoms with Crippen LogP contribution in [0.3, 0.4) is 0 Å². The van der Waals surface area contributed by atoms with Crippen LogP contribution in [0.4, 0.5) is 5.69 Å². The summed E-state index contributed by atoms with van der Waals surface area (Å²) in [6, 6.07) is 14.8. The van der Waals surface area contributed by atoms with Crippen LogP contribution in [0.1, 0.15) is 17.5 Å². The van der Waals surface area contributed by atoms with E-state index in [0.717, 1.165) is 17.0 Å². The molecule has 0 aliphatic carbocycles. The minimum Gasteiger partial charge on any atom is -0.454 e. The Bertz CT molecular complexity index is 766. The molecule has 6 heteroatoms. The van der Waals surface area contributed by atoms with Gasteiger partial charge in [-0.05, 0) is 42.0 Å². The van der Waals surface area contributed by atoms with Crippen molar-refractivity contribution in [3.63, 3.8) is 0 Å². The molecule has 122 valence electrons. The van der Waals surface area contributed by atoms with E-state index in [1.807, 2.05) is 30.3 Å². The molecule has 1 aliphatic heterocycles. The van der Waals surface area contributed by atoms with E-state index >= 15 is 0 Å². The lowest BCUT2D eigenvalue weighted by molar-refractivity contribution is -0.121. The van der Waals surface area contributed by atoms with Gasteiger partial charge in [0.2, 0.25) is 12.7 Å². The number of amides is 1. The molecule has 0 saturated carbocycles. The summed E-state index contributed by atoms with van der Waals surface area (Å²) in [6.45, 7) is 1.22. The molecule has 2 aromatic carbocycles. The minimum atomic E-state index is -0.0335. The number of nitrogens with one attached hydrogen (secondary N) is 2. The smallest absolute Gasteiger partial charge is 0.231 e. The van der Waals surface area contributed by atoms with E-state index in [2.05, 4.69) is 16.7 Å². The lowest BCUT2D eigenvalue weighted by Gasteiger charge is -2.08. The van der Waals surface area contributed by atoms with Crippen molar-refractivity contribution in [1.29, 1.82) is 5.26 Å². The third-order valence-corrected chi connectivity index (χ3v) is 3.62. The molecular formula is C18H17N3O3. The van der Waals surface area contributed by atoms with Gasteiger partial charge >= 0.3 is 0 Å². The fraction of sp³-hybridized carbons (Fsp3) is 0.222. The van der Waals surface area contributed by atoms with Crippen LogP contribution in [-0.4, -0.2) is 19.2 Å². The standard InChI is InChI=1S/C18H17N3O3/c19-10-13-1-4-15(5-2-13)20-8-7-18(22)21-11-14-3-6-16-17(9-14)24-12-23-16/h1-6,9,20H,7-8,11-12H2,(H,21,22). The Morgan fingerprint density at radius 3 is 2.71 bits per heavy atom. The topological polar surface area (TPSA) is 83.4 Å². The predicted molar refractivity (Wildman–Crippen MR) is 88.7 cm³/mol. The van der Waals surface area contributed by atoms with E-state index in [4.69, 9.17) is 14.7 Å². The summed E-state index contributed by atoms with van der Waals surface area (Å²) in [5.41, 5.74) is 2.47. The Kier molecular flexibility index (Phi) is 4.82. The van der Waals surface area contributed by atoms with Crippen molar-refractivity contribution in [3.8, 4) is 17.6 Å². The second-order valence-corrected chi connectivity index (χ2v) is 5.33. The zero-order valence-corrected chi connectivity index (χ0v) is 13.0. The number of ether oxygens (including phenoxy) is 2. The number of carbonyl (C=O) groups is 1. The van der Waals surface area contributed by atoms with E-state index in [1.165, 1.54) is 0 Å². The second kappa shape index (κ2) is 7.38. The van der Waals surface area contributed by atoms with E-state index in [-0.39, 0.29) is 12.7 Å². The van der Waals surface area contributed by atoms with Crippen LogP contribution in [0.5, 0.6) is 11.5 Å². The molecule has 0 saturated heterocycles. The molecule has 2 N–H and O–H groups in total. The van der Waals surface area contributed by atoms with Crippen LogP contribution in [0, 0.1) is 11.3 Å². The maximum Gasteiger partial charge on any atom is 0.231 e. The minimum absolute atomic E-state index is 0.0335. The quantitative estimate of drug-likeness (QED) is 0.853. The highest BCUT2D eigenvalue weighted by atomic mass is 16.7. The molecule has 0 aromatic heterocycles. The van der Waals surface area contributed by atoms with Crippen molar-refractivity contribution in [2.24, 2.45) is 0 Å². The first-order valence-electron chi connectivity index (χ1n) is 7.64. The fourth-order valence-corrected chi connectivity index (χ4v) is 2.32. The molecule has 0 fully saturated rings. The van der Waals surface area contributed by atoms with Crippen molar-refractivity contribution in [2.75, 3.05) is 18.7 Å². The van der Waals surface area contributed by atoms with E-state index in [9.17, 15) is 4.79 Å².